The Hall–Kier alpha value is -0.720. The van der Waals surface area contributed by atoms with Crippen molar-refractivity contribution in [3.8, 4) is 0 Å². The Morgan fingerprint density at radius 2 is 2.25 bits per heavy atom. The third kappa shape index (κ3) is 2.18. The van der Waals surface area contributed by atoms with E-state index >= 15 is 0 Å². The molecule has 0 aliphatic rings. The van der Waals surface area contributed by atoms with Gasteiger partial charge in [-0.2, -0.15) is 5.10 Å². The van der Waals surface area contributed by atoms with Crippen LogP contribution in [0.4, 0.5) is 0 Å². The van der Waals surface area contributed by atoms with Crippen LogP contribution >= 0.6 is 27.3 Å². The largest absolute Gasteiger partial charge is 0.383 e. The smallest absolute Gasteiger partial charge is 0.123 e. The van der Waals surface area contributed by atoms with E-state index < -0.39 is 6.10 Å². The first kappa shape index (κ1) is 11.8. The van der Waals surface area contributed by atoms with Gasteiger partial charge in [0.05, 0.1) is 16.6 Å². The molecule has 0 bridgehead atoms. The Morgan fingerprint density at radius 3 is 2.75 bits per heavy atom. The maximum atomic E-state index is 10.1. The first-order valence-corrected chi connectivity index (χ1v) is 6.58. The Labute approximate surface area is 106 Å². The van der Waals surface area contributed by atoms with Crippen LogP contribution in [0.5, 0.6) is 0 Å². The van der Waals surface area contributed by atoms with E-state index in [2.05, 4.69) is 26.0 Å². The fraction of sp³-hybridized carbons (Fsp3) is 0.400. The highest BCUT2D eigenvalue weighted by Crippen LogP contribution is 2.31. The normalized spacial score (nSPS) is 13.3. The predicted octanol–water partition coefficient (Wildman–Crippen LogP) is 2.76. The summed E-state index contributed by atoms with van der Waals surface area (Å²) in [5.74, 6) is 0. The topological polar surface area (TPSA) is 50.9 Å². The Kier molecular flexibility index (Phi) is 3.41. The molecule has 2 heterocycles. The second-order valence-electron chi connectivity index (χ2n) is 3.76. The zero-order valence-corrected chi connectivity index (χ0v) is 11.4. The molecule has 0 fully saturated rings. The number of rotatable bonds is 3. The molecule has 2 aromatic rings. The van der Waals surface area contributed by atoms with Gasteiger partial charge >= 0.3 is 0 Å². The maximum absolute atomic E-state index is 10.1. The second kappa shape index (κ2) is 4.65. The molecule has 2 rings (SSSR count). The standard InChI is InChI=1S/C10H12BrN3OS/c1-6(2)14-4-7(3-13-14)8(15)9-10(11)12-5-16-9/h3-6,8,15H,1-2H3. The molecule has 16 heavy (non-hydrogen) atoms. The molecule has 86 valence electrons. The Balaban J connectivity index is 2.27. The number of thiazole rings is 1. The van der Waals surface area contributed by atoms with Crippen molar-refractivity contribution < 1.29 is 5.11 Å². The maximum Gasteiger partial charge on any atom is 0.123 e. The van der Waals surface area contributed by atoms with Gasteiger partial charge in [0.25, 0.3) is 0 Å². The highest BCUT2D eigenvalue weighted by atomic mass is 79.9. The minimum Gasteiger partial charge on any atom is -0.383 e. The number of hydrogen-bond acceptors (Lipinski definition) is 4. The van der Waals surface area contributed by atoms with Gasteiger partial charge in [0.2, 0.25) is 0 Å². The summed E-state index contributed by atoms with van der Waals surface area (Å²) in [5.41, 5.74) is 2.49. The monoisotopic (exact) mass is 301 g/mol. The zero-order chi connectivity index (χ0) is 11.7. The first-order chi connectivity index (χ1) is 7.59. The van der Waals surface area contributed by atoms with E-state index in [4.69, 9.17) is 0 Å². The fourth-order valence-corrected chi connectivity index (χ4v) is 2.77. The lowest BCUT2D eigenvalue weighted by Gasteiger charge is -2.06. The van der Waals surface area contributed by atoms with E-state index in [1.54, 1.807) is 11.7 Å². The zero-order valence-electron chi connectivity index (χ0n) is 8.96. The minimum atomic E-state index is -0.658. The number of aliphatic hydroxyl groups is 1. The summed E-state index contributed by atoms with van der Waals surface area (Å²) in [5, 5.41) is 14.3. The Morgan fingerprint density at radius 1 is 1.50 bits per heavy atom. The van der Waals surface area contributed by atoms with Crippen LogP contribution in [0.15, 0.2) is 22.5 Å². The van der Waals surface area contributed by atoms with Crippen LogP contribution in [0.1, 0.15) is 36.4 Å². The predicted molar refractivity (Wildman–Crippen MR) is 66.5 cm³/mol. The van der Waals surface area contributed by atoms with Crippen molar-refractivity contribution >= 4 is 27.3 Å². The van der Waals surface area contributed by atoms with Gasteiger partial charge in [0.15, 0.2) is 0 Å². The number of nitrogens with zero attached hydrogens (tertiary/aromatic N) is 3. The summed E-state index contributed by atoms with van der Waals surface area (Å²) < 4.78 is 2.52. The molecule has 1 atom stereocenters. The van der Waals surface area contributed by atoms with Crippen molar-refractivity contribution in [2.75, 3.05) is 0 Å². The quantitative estimate of drug-likeness (QED) is 0.948. The van der Waals surface area contributed by atoms with E-state index in [1.807, 2.05) is 24.7 Å². The van der Waals surface area contributed by atoms with Crippen molar-refractivity contribution in [1.82, 2.24) is 14.8 Å². The molecule has 0 aliphatic heterocycles. The average Bonchev–Trinajstić information content (AvgIpc) is 2.84. The van der Waals surface area contributed by atoms with Crippen molar-refractivity contribution in [3.63, 3.8) is 0 Å². The molecular weight excluding hydrogens is 290 g/mol. The van der Waals surface area contributed by atoms with Crippen LogP contribution in [0.2, 0.25) is 0 Å². The Bertz CT molecular complexity index is 480. The molecule has 6 heteroatoms. The average molecular weight is 302 g/mol. The van der Waals surface area contributed by atoms with Gasteiger partial charge in [0, 0.05) is 17.8 Å². The van der Waals surface area contributed by atoms with E-state index in [1.165, 1.54) is 11.3 Å². The van der Waals surface area contributed by atoms with Gasteiger partial charge < -0.3 is 5.11 Å². The van der Waals surface area contributed by atoms with Crippen LogP contribution in [0.25, 0.3) is 0 Å². The number of halogens is 1. The number of aromatic nitrogens is 3. The lowest BCUT2D eigenvalue weighted by molar-refractivity contribution is 0.223. The van der Waals surface area contributed by atoms with Gasteiger partial charge in [-0.05, 0) is 29.8 Å². The molecule has 0 saturated heterocycles. The van der Waals surface area contributed by atoms with Crippen LogP contribution in [-0.4, -0.2) is 19.9 Å². The van der Waals surface area contributed by atoms with E-state index in [0.717, 1.165) is 10.4 Å². The summed E-state index contributed by atoms with van der Waals surface area (Å²) in [6, 6.07) is 0.297. The van der Waals surface area contributed by atoms with E-state index in [9.17, 15) is 5.11 Å². The van der Waals surface area contributed by atoms with Gasteiger partial charge in [-0.1, -0.05) is 0 Å². The van der Waals surface area contributed by atoms with Crippen LogP contribution in [0.3, 0.4) is 0 Å². The molecule has 4 nitrogen and oxygen atoms in total. The molecule has 0 aliphatic carbocycles. The first-order valence-electron chi connectivity index (χ1n) is 4.90. The van der Waals surface area contributed by atoms with Crippen molar-refractivity contribution in [2.24, 2.45) is 0 Å². The number of aliphatic hydroxyl groups excluding tert-OH is 1. The summed E-state index contributed by atoms with van der Waals surface area (Å²) in [6.07, 6.45) is 2.90. The molecule has 0 saturated carbocycles. The van der Waals surface area contributed by atoms with Crippen LogP contribution < -0.4 is 0 Å². The van der Waals surface area contributed by atoms with Gasteiger partial charge in [0.1, 0.15) is 10.7 Å². The second-order valence-corrected chi connectivity index (χ2v) is 5.39. The third-order valence-corrected chi connectivity index (χ3v) is 4.04. The number of hydrogen-bond donors (Lipinski definition) is 1. The highest BCUT2D eigenvalue weighted by Gasteiger charge is 2.18. The highest BCUT2D eigenvalue weighted by molar-refractivity contribution is 9.10. The molecule has 2 aromatic heterocycles. The fourth-order valence-electron chi connectivity index (χ4n) is 1.35. The van der Waals surface area contributed by atoms with Gasteiger partial charge in [-0.15, -0.1) is 11.3 Å². The molecule has 1 unspecified atom stereocenters. The lowest BCUT2D eigenvalue weighted by atomic mass is 10.2. The van der Waals surface area contributed by atoms with Crippen LogP contribution in [0, 0.1) is 0 Å². The molecule has 0 radical (unpaired) electrons. The van der Waals surface area contributed by atoms with Gasteiger partial charge in [-0.25, -0.2) is 4.98 Å². The third-order valence-electron chi connectivity index (χ3n) is 2.26. The van der Waals surface area contributed by atoms with Crippen LogP contribution in [-0.2, 0) is 0 Å². The summed E-state index contributed by atoms with van der Waals surface area (Å²) in [6.45, 7) is 4.09. The van der Waals surface area contributed by atoms with E-state index in [-0.39, 0.29) is 0 Å². The molecule has 0 spiro atoms. The van der Waals surface area contributed by atoms with Gasteiger partial charge in [-0.3, -0.25) is 4.68 Å². The lowest BCUT2D eigenvalue weighted by Crippen LogP contribution is -2.01. The SMILES string of the molecule is CC(C)n1cc(C(O)c2scnc2Br)cn1. The minimum absolute atomic E-state index is 0.297. The molecule has 0 aromatic carbocycles. The van der Waals surface area contributed by atoms with Crippen molar-refractivity contribution in [3.05, 3.63) is 32.9 Å². The molecule has 0 amide bonds. The summed E-state index contributed by atoms with van der Waals surface area (Å²) >= 11 is 4.74. The van der Waals surface area contributed by atoms with Crippen molar-refractivity contribution in [1.29, 1.82) is 0 Å². The van der Waals surface area contributed by atoms with Crippen molar-refractivity contribution in [2.45, 2.75) is 26.0 Å². The van der Waals surface area contributed by atoms with E-state index in [0.29, 0.717) is 10.6 Å². The summed E-state index contributed by atoms with van der Waals surface area (Å²) in [7, 11) is 0. The molecule has 1 N–H and O–H groups in total. The summed E-state index contributed by atoms with van der Waals surface area (Å²) in [4.78, 5) is 4.86. The molecular formula is C10H12BrN3OS.